The molecule has 0 spiro atoms. The van der Waals surface area contributed by atoms with Crippen LogP contribution in [0.1, 0.15) is 0 Å². The van der Waals surface area contributed by atoms with Gasteiger partial charge in [0.2, 0.25) is 0 Å². The number of benzene rings is 1. The van der Waals surface area contributed by atoms with Gasteiger partial charge in [-0.15, -0.1) is 0 Å². The molecule has 0 amide bonds. The number of nitrogens with one attached hydrogen (secondary N) is 1. The van der Waals surface area contributed by atoms with E-state index in [9.17, 15) is 0 Å². The maximum atomic E-state index is 5.45. The molecule has 1 aliphatic rings. The van der Waals surface area contributed by atoms with Crippen LogP contribution in [-0.2, 0) is 4.74 Å². The number of hydrogen-bond acceptors (Lipinski definition) is 5. The van der Waals surface area contributed by atoms with Gasteiger partial charge in [-0.3, -0.25) is 0 Å². The molecule has 0 saturated carbocycles. The molecule has 4 heterocycles. The highest BCUT2D eigenvalue weighted by Gasteiger charge is 2.13. The number of anilines is 1. The van der Waals surface area contributed by atoms with Gasteiger partial charge in [-0.1, -0.05) is 12.1 Å². The van der Waals surface area contributed by atoms with Crippen molar-refractivity contribution in [1.29, 1.82) is 0 Å². The number of fused-ring (bicyclic) bond motifs is 1. The summed E-state index contributed by atoms with van der Waals surface area (Å²) in [4.78, 5) is 14.8. The lowest BCUT2D eigenvalue weighted by molar-refractivity contribution is 0.122. The van der Waals surface area contributed by atoms with Crippen LogP contribution in [0, 0.1) is 0 Å². The van der Waals surface area contributed by atoms with Crippen molar-refractivity contribution in [2.45, 2.75) is 0 Å². The van der Waals surface area contributed by atoms with Crippen LogP contribution in [0.2, 0.25) is 0 Å². The summed E-state index contributed by atoms with van der Waals surface area (Å²) in [6, 6.07) is 14.2. The number of furan rings is 1. The van der Waals surface area contributed by atoms with E-state index in [1.165, 1.54) is 5.69 Å². The quantitative estimate of drug-likeness (QED) is 0.612. The van der Waals surface area contributed by atoms with Crippen molar-refractivity contribution in [1.82, 2.24) is 15.0 Å². The van der Waals surface area contributed by atoms with E-state index < -0.39 is 0 Å². The van der Waals surface area contributed by atoms with E-state index >= 15 is 0 Å². The molecule has 3 aromatic heterocycles. The van der Waals surface area contributed by atoms with E-state index in [-0.39, 0.29) is 0 Å². The second-order valence-corrected chi connectivity index (χ2v) is 6.31. The minimum Gasteiger partial charge on any atom is -0.464 e. The van der Waals surface area contributed by atoms with Crippen LogP contribution in [0.15, 0.2) is 59.3 Å². The average molecular weight is 346 g/mol. The molecule has 1 fully saturated rings. The van der Waals surface area contributed by atoms with Crippen molar-refractivity contribution in [3.63, 3.8) is 0 Å². The van der Waals surface area contributed by atoms with Crippen molar-refractivity contribution in [3.8, 4) is 22.7 Å². The Bertz CT molecular complexity index is 1030. The normalized spacial score (nSPS) is 14.8. The third-order valence-corrected chi connectivity index (χ3v) is 4.64. The Morgan fingerprint density at radius 3 is 2.77 bits per heavy atom. The SMILES string of the molecule is c1cc(-c2nc3ncc(-c4ccco4)cc3[nH]2)cc(N2CCOCC2)c1. The summed E-state index contributed by atoms with van der Waals surface area (Å²) in [6.45, 7) is 3.37. The molecular weight excluding hydrogens is 328 g/mol. The standard InChI is InChI=1S/C20H18N4O2/c1-3-14(11-16(4-1)24-6-9-25-10-7-24)19-22-17-12-15(13-21-20(17)23-19)18-5-2-8-26-18/h1-5,8,11-13H,6-7,9-10H2,(H,21,22,23). The minimum atomic E-state index is 0.701. The van der Waals surface area contributed by atoms with Crippen LogP contribution in [0.4, 0.5) is 5.69 Å². The van der Waals surface area contributed by atoms with Crippen molar-refractivity contribution in [2.24, 2.45) is 0 Å². The van der Waals surface area contributed by atoms with Crippen LogP contribution in [-0.4, -0.2) is 41.3 Å². The highest BCUT2D eigenvalue weighted by Crippen LogP contribution is 2.27. The number of aromatic amines is 1. The molecule has 130 valence electrons. The molecule has 1 aromatic carbocycles. The summed E-state index contributed by atoms with van der Waals surface area (Å²) in [5, 5.41) is 0. The zero-order chi connectivity index (χ0) is 17.3. The molecule has 26 heavy (non-hydrogen) atoms. The van der Waals surface area contributed by atoms with Gasteiger partial charge in [-0.25, -0.2) is 9.97 Å². The molecule has 0 bridgehead atoms. The summed E-state index contributed by atoms with van der Waals surface area (Å²) < 4.78 is 10.9. The summed E-state index contributed by atoms with van der Waals surface area (Å²) >= 11 is 0. The molecule has 6 heteroatoms. The molecule has 0 radical (unpaired) electrons. The number of pyridine rings is 1. The molecule has 1 saturated heterocycles. The van der Waals surface area contributed by atoms with Crippen molar-refractivity contribution in [2.75, 3.05) is 31.2 Å². The summed E-state index contributed by atoms with van der Waals surface area (Å²) in [5.74, 6) is 1.61. The minimum absolute atomic E-state index is 0.701. The van der Waals surface area contributed by atoms with E-state index in [1.807, 2.05) is 18.2 Å². The van der Waals surface area contributed by atoms with Gasteiger partial charge >= 0.3 is 0 Å². The van der Waals surface area contributed by atoms with Crippen LogP contribution in [0.3, 0.4) is 0 Å². The zero-order valence-corrected chi connectivity index (χ0v) is 14.2. The van der Waals surface area contributed by atoms with Gasteiger partial charge in [0.05, 0.1) is 25.0 Å². The predicted octanol–water partition coefficient (Wildman–Crippen LogP) is 3.72. The first-order valence-corrected chi connectivity index (χ1v) is 8.69. The molecule has 1 aliphatic heterocycles. The lowest BCUT2D eigenvalue weighted by atomic mass is 10.1. The van der Waals surface area contributed by atoms with Crippen LogP contribution >= 0.6 is 0 Å². The average Bonchev–Trinajstić information content (AvgIpc) is 3.38. The number of aromatic nitrogens is 3. The fourth-order valence-corrected chi connectivity index (χ4v) is 3.29. The Morgan fingerprint density at radius 1 is 1.00 bits per heavy atom. The Kier molecular flexibility index (Phi) is 3.68. The van der Waals surface area contributed by atoms with Crippen LogP contribution in [0.5, 0.6) is 0 Å². The van der Waals surface area contributed by atoms with Gasteiger partial charge in [-0.05, 0) is 30.3 Å². The summed E-state index contributed by atoms with van der Waals surface area (Å²) in [6.07, 6.45) is 3.45. The van der Waals surface area contributed by atoms with Crippen molar-refractivity contribution >= 4 is 16.9 Å². The van der Waals surface area contributed by atoms with E-state index in [2.05, 4.69) is 44.1 Å². The number of rotatable bonds is 3. The lowest BCUT2D eigenvalue weighted by Gasteiger charge is -2.29. The number of H-pyrrole nitrogens is 1. The first-order chi connectivity index (χ1) is 12.9. The molecule has 5 rings (SSSR count). The lowest BCUT2D eigenvalue weighted by Crippen LogP contribution is -2.36. The van der Waals surface area contributed by atoms with Gasteiger partial charge < -0.3 is 19.0 Å². The second kappa shape index (κ2) is 6.31. The third kappa shape index (κ3) is 2.74. The van der Waals surface area contributed by atoms with Crippen LogP contribution in [0.25, 0.3) is 33.9 Å². The van der Waals surface area contributed by atoms with Gasteiger partial charge in [0.25, 0.3) is 0 Å². The first-order valence-electron chi connectivity index (χ1n) is 8.69. The van der Waals surface area contributed by atoms with E-state index in [0.29, 0.717) is 5.65 Å². The molecule has 1 N–H and O–H groups in total. The number of hydrogen-bond donors (Lipinski definition) is 1. The Labute approximate surface area is 150 Å². The molecular formula is C20H18N4O2. The number of imidazole rings is 1. The number of nitrogens with zero attached hydrogens (tertiary/aromatic N) is 3. The van der Waals surface area contributed by atoms with Crippen LogP contribution < -0.4 is 4.90 Å². The van der Waals surface area contributed by atoms with E-state index in [4.69, 9.17) is 9.15 Å². The highest BCUT2D eigenvalue weighted by atomic mass is 16.5. The fourth-order valence-electron chi connectivity index (χ4n) is 3.29. The molecule has 4 aromatic rings. The van der Waals surface area contributed by atoms with E-state index in [0.717, 1.165) is 54.5 Å². The Hall–Kier alpha value is -3.12. The maximum Gasteiger partial charge on any atom is 0.178 e. The molecule has 0 unspecified atom stereocenters. The predicted molar refractivity (Wildman–Crippen MR) is 100 cm³/mol. The number of morpholine rings is 1. The molecule has 0 aliphatic carbocycles. The van der Waals surface area contributed by atoms with Crippen molar-refractivity contribution < 1.29 is 9.15 Å². The van der Waals surface area contributed by atoms with E-state index in [1.54, 1.807) is 12.5 Å². The highest BCUT2D eigenvalue weighted by molar-refractivity contribution is 5.80. The second-order valence-electron chi connectivity index (χ2n) is 6.31. The van der Waals surface area contributed by atoms with Gasteiger partial charge in [0.15, 0.2) is 5.65 Å². The molecule has 0 atom stereocenters. The molecule has 6 nitrogen and oxygen atoms in total. The fraction of sp³-hybridized carbons (Fsp3) is 0.200. The van der Waals surface area contributed by atoms with Gasteiger partial charge in [0.1, 0.15) is 11.6 Å². The maximum absolute atomic E-state index is 5.45. The van der Waals surface area contributed by atoms with Gasteiger partial charge in [0, 0.05) is 36.1 Å². The van der Waals surface area contributed by atoms with Gasteiger partial charge in [-0.2, -0.15) is 0 Å². The summed E-state index contributed by atoms with van der Waals surface area (Å²) in [7, 11) is 0. The van der Waals surface area contributed by atoms with Crippen molar-refractivity contribution in [3.05, 3.63) is 54.9 Å². The number of ether oxygens (including phenoxy) is 1. The smallest absolute Gasteiger partial charge is 0.178 e. The largest absolute Gasteiger partial charge is 0.464 e. The zero-order valence-electron chi connectivity index (χ0n) is 14.2. The first kappa shape index (κ1) is 15.2. The summed E-state index contributed by atoms with van der Waals surface area (Å²) in [5.41, 5.74) is 4.76. The topological polar surface area (TPSA) is 67.2 Å². The third-order valence-electron chi connectivity index (χ3n) is 4.64. The Morgan fingerprint density at radius 2 is 1.92 bits per heavy atom. The Balaban J connectivity index is 1.50. The monoisotopic (exact) mass is 346 g/mol.